The lowest BCUT2D eigenvalue weighted by Gasteiger charge is -2.13. The van der Waals surface area contributed by atoms with Crippen molar-refractivity contribution < 1.29 is 14.9 Å². The van der Waals surface area contributed by atoms with E-state index in [1.807, 2.05) is 4.98 Å². The molecule has 1 aromatic rings. The summed E-state index contributed by atoms with van der Waals surface area (Å²) in [5, 5.41) is 19.1. The quantitative estimate of drug-likeness (QED) is 0.454. The number of ether oxygens (including phenoxy) is 1. The number of hydrogen-bond acceptors (Lipinski definition) is 5. The van der Waals surface area contributed by atoms with Crippen molar-refractivity contribution >= 4 is 0 Å². The summed E-state index contributed by atoms with van der Waals surface area (Å²) in [4.78, 5) is 26.6. The molecule has 1 aliphatic rings. The van der Waals surface area contributed by atoms with Crippen molar-refractivity contribution in [3.05, 3.63) is 32.6 Å². The van der Waals surface area contributed by atoms with E-state index in [0.29, 0.717) is 0 Å². The molecule has 0 aliphatic carbocycles. The van der Waals surface area contributed by atoms with Crippen LogP contribution in [0.15, 0.2) is 15.8 Å². The molecule has 1 aliphatic heterocycles. The van der Waals surface area contributed by atoms with E-state index in [2.05, 4.69) is 4.98 Å². The van der Waals surface area contributed by atoms with Gasteiger partial charge in [-0.2, -0.15) is 0 Å². The molecule has 7 heteroatoms. The second-order valence-electron chi connectivity index (χ2n) is 3.77. The van der Waals surface area contributed by atoms with Gasteiger partial charge in [0.2, 0.25) is 0 Å². The lowest BCUT2D eigenvalue weighted by atomic mass is 10.0. The van der Waals surface area contributed by atoms with Gasteiger partial charge < -0.3 is 19.9 Å². The highest BCUT2D eigenvalue weighted by molar-refractivity contribution is 5.13. The van der Waals surface area contributed by atoms with Gasteiger partial charge in [0.25, 0.3) is 5.56 Å². The first-order valence-corrected chi connectivity index (χ1v) is 4.84. The first-order chi connectivity index (χ1) is 7.50. The molecule has 0 bridgehead atoms. The highest BCUT2D eigenvalue weighted by atomic mass is 16.5. The van der Waals surface area contributed by atoms with Crippen LogP contribution in [0.1, 0.15) is 18.6 Å². The molecule has 1 saturated heterocycles. The molecular weight excluding hydrogens is 216 g/mol. The minimum absolute atomic E-state index is 0.0931. The molecule has 4 atom stereocenters. The fourth-order valence-electron chi connectivity index (χ4n) is 1.74. The molecule has 2 rings (SSSR count). The van der Waals surface area contributed by atoms with Crippen LogP contribution in [0, 0.1) is 0 Å². The van der Waals surface area contributed by atoms with E-state index in [4.69, 9.17) is 4.74 Å². The van der Waals surface area contributed by atoms with Gasteiger partial charge in [-0.05, 0) is 6.92 Å². The summed E-state index contributed by atoms with van der Waals surface area (Å²) in [5.41, 5.74) is -1.17. The Bertz CT molecular complexity index is 493. The summed E-state index contributed by atoms with van der Waals surface area (Å²) in [7, 11) is 0. The third-order valence-corrected chi connectivity index (χ3v) is 2.66. The molecule has 0 spiro atoms. The molecule has 7 nitrogen and oxygen atoms in total. The van der Waals surface area contributed by atoms with E-state index < -0.39 is 35.7 Å². The lowest BCUT2D eigenvalue weighted by molar-refractivity contribution is 0.0140. The maximum Gasteiger partial charge on any atom is 0.325 e. The van der Waals surface area contributed by atoms with Crippen LogP contribution in [0.25, 0.3) is 0 Å². The molecular formula is C9H12N2O5. The van der Waals surface area contributed by atoms with Crippen molar-refractivity contribution in [1.29, 1.82) is 0 Å². The Balaban J connectivity index is 2.39. The Hall–Kier alpha value is -1.44. The summed E-state index contributed by atoms with van der Waals surface area (Å²) in [6, 6.07) is 0. The molecule has 1 aromatic heterocycles. The van der Waals surface area contributed by atoms with Crippen LogP contribution in [0.2, 0.25) is 0 Å². The van der Waals surface area contributed by atoms with Crippen LogP contribution >= 0.6 is 0 Å². The van der Waals surface area contributed by atoms with E-state index in [9.17, 15) is 19.8 Å². The molecule has 16 heavy (non-hydrogen) atoms. The monoisotopic (exact) mass is 228 g/mol. The zero-order valence-corrected chi connectivity index (χ0v) is 8.51. The maximum atomic E-state index is 11.4. The number of aliphatic hydroxyl groups is 2. The van der Waals surface area contributed by atoms with E-state index in [1.165, 1.54) is 6.20 Å². The average Bonchev–Trinajstić information content (AvgIpc) is 2.46. The molecule has 2 heterocycles. The molecule has 0 saturated carbocycles. The summed E-state index contributed by atoms with van der Waals surface area (Å²) in [6.07, 6.45) is -2.53. The highest BCUT2D eigenvalue weighted by Gasteiger charge is 2.42. The number of aromatic amines is 2. The number of nitrogens with one attached hydrogen (secondary N) is 2. The predicted molar refractivity (Wildman–Crippen MR) is 53.0 cm³/mol. The van der Waals surface area contributed by atoms with Gasteiger partial charge in [0, 0.05) is 6.20 Å². The van der Waals surface area contributed by atoms with Crippen LogP contribution in [-0.2, 0) is 4.74 Å². The zero-order valence-electron chi connectivity index (χ0n) is 8.51. The van der Waals surface area contributed by atoms with Crippen molar-refractivity contribution in [3.8, 4) is 0 Å². The zero-order chi connectivity index (χ0) is 11.9. The number of hydrogen-bond donors (Lipinski definition) is 4. The van der Waals surface area contributed by atoms with Crippen LogP contribution in [0.5, 0.6) is 0 Å². The Morgan fingerprint density at radius 1 is 1.31 bits per heavy atom. The number of aromatic nitrogens is 2. The van der Waals surface area contributed by atoms with E-state index in [0.717, 1.165) is 0 Å². The van der Waals surface area contributed by atoms with Crippen LogP contribution in [-0.4, -0.2) is 38.5 Å². The minimum Gasteiger partial charge on any atom is -0.388 e. The molecule has 4 N–H and O–H groups in total. The topological polar surface area (TPSA) is 115 Å². The largest absolute Gasteiger partial charge is 0.388 e. The lowest BCUT2D eigenvalue weighted by Crippen LogP contribution is -2.32. The summed E-state index contributed by atoms with van der Waals surface area (Å²) < 4.78 is 5.25. The van der Waals surface area contributed by atoms with Crippen molar-refractivity contribution in [1.82, 2.24) is 9.97 Å². The van der Waals surface area contributed by atoms with Gasteiger partial charge in [-0.25, -0.2) is 4.79 Å². The fourth-order valence-corrected chi connectivity index (χ4v) is 1.74. The molecule has 0 radical (unpaired) electrons. The Kier molecular flexibility index (Phi) is 2.66. The Labute approximate surface area is 89.7 Å². The average molecular weight is 228 g/mol. The Morgan fingerprint density at radius 3 is 2.50 bits per heavy atom. The molecule has 0 aromatic carbocycles. The third kappa shape index (κ3) is 1.69. The van der Waals surface area contributed by atoms with Gasteiger partial charge in [-0.15, -0.1) is 0 Å². The maximum absolute atomic E-state index is 11.4. The van der Waals surface area contributed by atoms with Crippen molar-refractivity contribution in [2.45, 2.75) is 31.3 Å². The van der Waals surface area contributed by atoms with Gasteiger partial charge in [0.05, 0.1) is 11.7 Å². The first-order valence-electron chi connectivity index (χ1n) is 4.84. The highest BCUT2D eigenvalue weighted by Crippen LogP contribution is 2.31. The van der Waals surface area contributed by atoms with Crippen molar-refractivity contribution in [3.63, 3.8) is 0 Å². The number of aliphatic hydroxyl groups excluding tert-OH is 2. The standard InChI is InChI=1S/C9H12N2O5/c1-3-5(12)6(13)7(16-3)4-2-10-9(15)11-8(4)14/h2-3,5-7,12-13H,1H3,(H2,10,11,14,15)/t3-,5-,6-,7+/m1/s1. The minimum atomic E-state index is -1.18. The van der Waals surface area contributed by atoms with Crippen molar-refractivity contribution in [2.24, 2.45) is 0 Å². The molecule has 0 unspecified atom stereocenters. The van der Waals surface area contributed by atoms with Crippen LogP contribution < -0.4 is 11.2 Å². The van der Waals surface area contributed by atoms with E-state index in [1.54, 1.807) is 6.92 Å². The van der Waals surface area contributed by atoms with Gasteiger partial charge >= 0.3 is 5.69 Å². The third-order valence-electron chi connectivity index (χ3n) is 2.66. The second kappa shape index (κ2) is 3.85. The van der Waals surface area contributed by atoms with E-state index in [-0.39, 0.29) is 5.56 Å². The number of rotatable bonds is 1. The predicted octanol–water partition coefficient (Wildman–Crippen LogP) is -1.76. The summed E-state index contributed by atoms with van der Waals surface area (Å²) in [5.74, 6) is 0. The Morgan fingerprint density at radius 2 is 2.00 bits per heavy atom. The van der Waals surface area contributed by atoms with Crippen LogP contribution in [0.3, 0.4) is 0 Å². The molecule has 1 fully saturated rings. The van der Waals surface area contributed by atoms with Crippen molar-refractivity contribution in [2.75, 3.05) is 0 Å². The second-order valence-corrected chi connectivity index (χ2v) is 3.77. The van der Waals surface area contributed by atoms with Gasteiger partial charge in [-0.3, -0.25) is 9.78 Å². The van der Waals surface area contributed by atoms with Gasteiger partial charge in [0.1, 0.15) is 18.3 Å². The van der Waals surface area contributed by atoms with E-state index >= 15 is 0 Å². The van der Waals surface area contributed by atoms with Crippen LogP contribution in [0.4, 0.5) is 0 Å². The van der Waals surface area contributed by atoms with Gasteiger partial charge in [-0.1, -0.05) is 0 Å². The fraction of sp³-hybridized carbons (Fsp3) is 0.556. The smallest absolute Gasteiger partial charge is 0.325 e. The normalized spacial score (nSPS) is 34.2. The number of H-pyrrole nitrogens is 2. The SMILES string of the molecule is C[C@H]1O[C@@H](c2c[nH]c(=O)[nH]c2=O)[C@H](O)[C@@H]1O. The summed E-state index contributed by atoms with van der Waals surface area (Å²) in [6.45, 7) is 1.59. The summed E-state index contributed by atoms with van der Waals surface area (Å²) >= 11 is 0. The van der Waals surface area contributed by atoms with Gasteiger partial charge in [0.15, 0.2) is 0 Å². The first kappa shape index (κ1) is 11.1. The molecule has 88 valence electrons. The molecule has 0 amide bonds.